The average molecular weight is 463 g/mol. The van der Waals surface area contributed by atoms with Gasteiger partial charge in [0.05, 0.1) is 11.1 Å². The molecule has 0 bridgehead atoms. The third-order valence-corrected chi connectivity index (χ3v) is 6.19. The van der Waals surface area contributed by atoms with Crippen molar-refractivity contribution in [2.24, 2.45) is 5.73 Å². The highest BCUT2D eigenvalue weighted by Crippen LogP contribution is 2.32. The van der Waals surface area contributed by atoms with Gasteiger partial charge in [-0.05, 0) is 49.4 Å². The number of amides is 5. The zero-order valence-electron chi connectivity index (χ0n) is 18.6. The van der Waals surface area contributed by atoms with Crippen molar-refractivity contribution in [1.82, 2.24) is 10.2 Å². The predicted molar refractivity (Wildman–Crippen MR) is 124 cm³/mol. The van der Waals surface area contributed by atoms with Gasteiger partial charge < -0.3 is 11.1 Å². The third-order valence-electron chi connectivity index (χ3n) is 6.19. The van der Waals surface area contributed by atoms with Crippen LogP contribution in [0.5, 0.6) is 0 Å². The first kappa shape index (κ1) is 23.2. The highest BCUT2D eigenvalue weighted by molar-refractivity contribution is 6.25. The quantitative estimate of drug-likeness (QED) is 0.385. The fraction of sp³-hybridized carbons (Fsp3) is 0.320. The van der Waals surface area contributed by atoms with Crippen molar-refractivity contribution in [3.8, 4) is 0 Å². The van der Waals surface area contributed by atoms with Crippen LogP contribution in [0.2, 0.25) is 0 Å². The van der Waals surface area contributed by atoms with E-state index in [4.69, 9.17) is 5.73 Å². The van der Waals surface area contributed by atoms with Crippen molar-refractivity contribution >= 4 is 35.2 Å². The summed E-state index contributed by atoms with van der Waals surface area (Å²) >= 11 is 0. The Morgan fingerprint density at radius 1 is 1.00 bits per heavy atom. The molecule has 2 aromatic rings. The Kier molecular flexibility index (Phi) is 6.72. The number of aryl methyl sites for hydroxylation is 1. The molecule has 0 aliphatic carbocycles. The summed E-state index contributed by atoms with van der Waals surface area (Å²) in [7, 11) is 0. The van der Waals surface area contributed by atoms with Crippen molar-refractivity contribution in [3.63, 3.8) is 0 Å². The fourth-order valence-corrected chi connectivity index (χ4v) is 4.48. The molecule has 2 aromatic carbocycles. The van der Waals surface area contributed by atoms with Gasteiger partial charge in [-0.25, -0.2) is 0 Å². The van der Waals surface area contributed by atoms with E-state index < -0.39 is 35.6 Å². The molecule has 0 radical (unpaired) electrons. The number of piperidine rings is 1. The number of hydrogen-bond donors (Lipinski definition) is 3. The average Bonchev–Trinajstić information content (AvgIpc) is 3.07. The molecule has 9 nitrogen and oxygen atoms in total. The lowest BCUT2D eigenvalue weighted by molar-refractivity contribution is -0.136. The lowest BCUT2D eigenvalue weighted by atomic mass is 10.0. The molecule has 2 aliphatic rings. The van der Waals surface area contributed by atoms with Crippen LogP contribution in [0.1, 0.15) is 68.7 Å². The Morgan fingerprint density at radius 2 is 1.79 bits per heavy atom. The van der Waals surface area contributed by atoms with Gasteiger partial charge in [0.15, 0.2) is 0 Å². The van der Waals surface area contributed by atoms with Gasteiger partial charge in [-0.15, -0.1) is 0 Å². The highest BCUT2D eigenvalue weighted by atomic mass is 16.2. The normalized spacial score (nSPS) is 17.5. The first-order chi connectivity index (χ1) is 16.4. The van der Waals surface area contributed by atoms with E-state index in [2.05, 4.69) is 10.6 Å². The molecule has 0 saturated carbocycles. The first-order valence-electron chi connectivity index (χ1n) is 11.3. The van der Waals surface area contributed by atoms with Crippen molar-refractivity contribution in [2.45, 2.75) is 44.6 Å². The van der Waals surface area contributed by atoms with Crippen LogP contribution in [-0.4, -0.2) is 47.0 Å². The Labute approximate surface area is 196 Å². The number of carbonyl (C=O) groups is 5. The number of nitrogens with two attached hydrogens (primary N) is 1. The monoisotopic (exact) mass is 462 g/mol. The molecular weight excluding hydrogens is 436 g/mol. The molecule has 1 saturated heterocycles. The number of nitrogens with one attached hydrogen (secondary N) is 2. The number of unbranched alkanes of at least 4 members (excludes halogenated alkanes) is 2. The van der Waals surface area contributed by atoms with Crippen LogP contribution in [0.4, 0.5) is 5.69 Å². The third kappa shape index (κ3) is 4.54. The maximum atomic E-state index is 13.1. The minimum Gasteiger partial charge on any atom is -0.384 e. The van der Waals surface area contributed by atoms with Gasteiger partial charge in [0.2, 0.25) is 17.7 Å². The number of benzene rings is 2. The molecule has 34 heavy (non-hydrogen) atoms. The number of carbonyl (C=O) groups excluding carboxylic acids is 5. The summed E-state index contributed by atoms with van der Waals surface area (Å²) in [6, 6.07) is 11.3. The molecule has 1 unspecified atom stereocenters. The largest absolute Gasteiger partial charge is 0.384 e. The summed E-state index contributed by atoms with van der Waals surface area (Å²) in [6.45, 7) is 0.591. The highest BCUT2D eigenvalue weighted by Gasteiger charge is 2.45. The number of nitrogens with zero attached hydrogens (tertiary/aromatic N) is 1. The Hall–Kier alpha value is -4.01. The summed E-state index contributed by atoms with van der Waals surface area (Å²) in [4.78, 5) is 62.2. The van der Waals surface area contributed by atoms with E-state index in [1.54, 1.807) is 30.3 Å². The van der Waals surface area contributed by atoms with Crippen LogP contribution >= 0.6 is 0 Å². The molecule has 2 aliphatic heterocycles. The molecule has 176 valence electrons. The van der Waals surface area contributed by atoms with Crippen LogP contribution in [-0.2, 0) is 16.0 Å². The molecule has 0 spiro atoms. The maximum absolute atomic E-state index is 13.1. The minimum atomic E-state index is -0.985. The number of primary amides is 1. The molecule has 5 amide bonds. The van der Waals surface area contributed by atoms with Gasteiger partial charge in [0, 0.05) is 24.2 Å². The number of fused-ring (bicyclic) bond motifs is 1. The molecule has 9 heteroatoms. The summed E-state index contributed by atoms with van der Waals surface area (Å²) < 4.78 is 0. The van der Waals surface area contributed by atoms with Crippen LogP contribution < -0.4 is 16.4 Å². The Balaban J connectivity index is 1.34. The van der Waals surface area contributed by atoms with E-state index in [-0.39, 0.29) is 24.0 Å². The maximum Gasteiger partial charge on any atom is 0.264 e. The summed E-state index contributed by atoms with van der Waals surface area (Å²) in [5, 5.41) is 5.44. The van der Waals surface area contributed by atoms with E-state index in [0.29, 0.717) is 17.8 Å². The van der Waals surface area contributed by atoms with Crippen molar-refractivity contribution in [1.29, 1.82) is 0 Å². The topological polar surface area (TPSA) is 139 Å². The van der Waals surface area contributed by atoms with Gasteiger partial charge in [0.1, 0.15) is 6.04 Å². The summed E-state index contributed by atoms with van der Waals surface area (Å²) in [5.41, 5.74) is 7.96. The number of hydrogen-bond acceptors (Lipinski definition) is 6. The SMILES string of the molecule is NC(=O)c1ccccc1CCCCCNc1cccc2c1C(=O)N(C1CCC(=O)NC1=O)C2=O. The van der Waals surface area contributed by atoms with Gasteiger partial charge in [0.25, 0.3) is 11.8 Å². The first-order valence-corrected chi connectivity index (χ1v) is 11.3. The van der Waals surface area contributed by atoms with Crippen LogP contribution in [0.15, 0.2) is 42.5 Å². The van der Waals surface area contributed by atoms with Crippen LogP contribution in [0, 0.1) is 0 Å². The van der Waals surface area contributed by atoms with E-state index in [0.717, 1.165) is 36.1 Å². The zero-order chi connectivity index (χ0) is 24.2. The van der Waals surface area contributed by atoms with Crippen molar-refractivity contribution < 1.29 is 24.0 Å². The van der Waals surface area contributed by atoms with Crippen LogP contribution in [0.3, 0.4) is 0 Å². The molecule has 4 rings (SSSR count). The van der Waals surface area contributed by atoms with Crippen LogP contribution in [0.25, 0.3) is 0 Å². The molecular formula is C25H26N4O5. The van der Waals surface area contributed by atoms with Gasteiger partial charge in [-0.1, -0.05) is 30.7 Å². The van der Waals surface area contributed by atoms with E-state index in [9.17, 15) is 24.0 Å². The van der Waals surface area contributed by atoms with Gasteiger partial charge in [-0.3, -0.25) is 34.2 Å². The number of imide groups is 2. The second kappa shape index (κ2) is 9.86. The fourth-order valence-electron chi connectivity index (χ4n) is 4.48. The lowest BCUT2D eigenvalue weighted by Gasteiger charge is -2.27. The number of rotatable bonds is 9. The standard InChI is InChI=1S/C25H26N4O5/c26-22(31)16-9-4-3-8-15(16)7-2-1-5-14-27-18-11-6-10-17-21(18)25(34)29(24(17)33)19-12-13-20(30)28-23(19)32/h3-4,6,8-11,19,27H,1-2,5,7,12-14H2,(H2,26,31)(H,28,30,32). The van der Waals surface area contributed by atoms with Crippen molar-refractivity contribution in [3.05, 3.63) is 64.7 Å². The second-order valence-corrected chi connectivity index (χ2v) is 8.43. The Morgan fingerprint density at radius 3 is 2.56 bits per heavy atom. The van der Waals surface area contributed by atoms with E-state index >= 15 is 0 Å². The summed E-state index contributed by atoms with van der Waals surface area (Å²) in [5.74, 6) is -2.51. The lowest BCUT2D eigenvalue weighted by Crippen LogP contribution is -2.54. The molecule has 2 heterocycles. The van der Waals surface area contributed by atoms with E-state index in [1.807, 2.05) is 12.1 Å². The molecule has 4 N–H and O–H groups in total. The van der Waals surface area contributed by atoms with Crippen molar-refractivity contribution in [2.75, 3.05) is 11.9 Å². The molecule has 1 atom stereocenters. The smallest absolute Gasteiger partial charge is 0.264 e. The zero-order valence-corrected chi connectivity index (χ0v) is 18.6. The Bertz CT molecular complexity index is 1180. The van der Waals surface area contributed by atoms with E-state index in [1.165, 1.54) is 0 Å². The number of anilines is 1. The summed E-state index contributed by atoms with van der Waals surface area (Å²) in [6.07, 6.45) is 3.54. The minimum absolute atomic E-state index is 0.0822. The molecule has 0 aromatic heterocycles. The second-order valence-electron chi connectivity index (χ2n) is 8.43. The van der Waals surface area contributed by atoms with Gasteiger partial charge >= 0.3 is 0 Å². The van der Waals surface area contributed by atoms with Gasteiger partial charge in [-0.2, -0.15) is 0 Å². The molecule has 1 fully saturated rings. The predicted octanol–water partition coefficient (Wildman–Crippen LogP) is 2.01.